The Labute approximate surface area is 344 Å². The smallest absolute Gasteiger partial charge is 0.157 e. The number of hydrogen-bond acceptors (Lipinski definition) is 4. The third kappa shape index (κ3) is 6.06. The van der Waals surface area contributed by atoms with Gasteiger partial charge in [0, 0.05) is 55.8 Å². The highest BCUT2D eigenvalue weighted by molar-refractivity contribution is 5.92. The van der Waals surface area contributed by atoms with Gasteiger partial charge in [0.2, 0.25) is 0 Å². The summed E-state index contributed by atoms with van der Waals surface area (Å²) in [6.07, 6.45) is 10.8. The van der Waals surface area contributed by atoms with Gasteiger partial charge in [-0.1, -0.05) is 141 Å². The van der Waals surface area contributed by atoms with E-state index in [0.29, 0.717) is 0 Å². The van der Waals surface area contributed by atoms with Gasteiger partial charge in [0.25, 0.3) is 0 Å². The molecule has 0 spiro atoms. The van der Waals surface area contributed by atoms with Crippen molar-refractivity contribution < 1.29 is 4.42 Å². The van der Waals surface area contributed by atoms with E-state index in [4.69, 9.17) is 14.4 Å². The number of rotatable bonds is 7. The van der Waals surface area contributed by atoms with Crippen LogP contribution in [-0.4, -0.2) is 9.97 Å². The summed E-state index contributed by atoms with van der Waals surface area (Å²) in [7, 11) is 0. The highest BCUT2D eigenvalue weighted by atomic mass is 16.3. The van der Waals surface area contributed by atoms with Crippen molar-refractivity contribution in [3.8, 4) is 33.6 Å². The number of anilines is 3. The van der Waals surface area contributed by atoms with Gasteiger partial charge in [-0.3, -0.25) is 0 Å². The van der Waals surface area contributed by atoms with Gasteiger partial charge in [-0.15, -0.1) is 0 Å². The zero-order valence-electron chi connectivity index (χ0n) is 33.3. The predicted molar refractivity (Wildman–Crippen MR) is 243 cm³/mol. The maximum atomic E-state index is 6.81. The Morgan fingerprint density at radius 1 is 0.576 bits per heavy atom. The van der Waals surface area contributed by atoms with E-state index in [2.05, 4.69) is 183 Å². The molecule has 0 atom stereocenters. The fourth-order valence-electron chi connectivity index (χ4n) is 9.52. The molecule has 0 aliphatic heterocycles. The highest BCUT2D eigenvalue weighted by Gasteiger charge is 2.37. The molecule has 0 fully saturated rings. The summed E-state index contributed by atoms with van der Waals surface area (Å²) in [6.45, 7) is 4.78. The normalized spacial score (nSPS) is 15.1. The molecule has 284 valence electrons. The van der Waals surface area contributed by atoms with Crippen LogP contribution in [0.15, 0.2) is 180 Å². The molecule has 3 aliphatic carbocycles. The van der Waals surface area contributed by atoms with Gasteiger partial charge >= 0.3 is 0 Å². The lowest BCUT2D eigenvalue weighted by Crippen LogP contribution is -2.27. The quantitative estimate of drug-likeness (QED) is 0.162. The van der Waals surface area contributed by atoms with Crippen molar-refractivity contribution in [2.75, 3.05) is 4.90 Å². The maximum Gasteiger partial charge on any atom is 0.157 e. The van der Waals surface area contributed by atoms with Crippen LogP contribution in [0.5, 0.6) is 0 Å². The molecule has 0 saturated heterocycles. The highest BCUT2D eigenvalue weighted by Crippen LogP contribution is 2.52. The van der Waals surface area contributed by atoms with Gasteiger partial charge in [0.1, 0.15) is 11.0 Å². The second kappa shape index (κ2) is 14.1. The van der Waals surface area contributed by atoms with Gasteiger partial charge < -0.3 is 9.32 Å². The zero-order chi connectivity index (χ0) is 39.5. The molecule has 0 bridgehead atoms. The molecule has 2 aromatic heterocycles. The molecule has 0 N–H and O–H groups in total. The average Bonchev–Trinajstić information content (AvgIpc) is 3.78. The van der Waals surface area contributed by atoms with E-state index in [1.165, 1.54) is 27.8 Å². The number of allylic oxidation sites excluding steroid dienone is 4. The molecule has 0 radical (unpaired) electrons. The Morgan fingerprint density at radius 2 is 1.19 bits per heavy atom. The second-order valence-electron chi connectivity index (χ2n) is 16.4. The van der Waals surface area contributed by atoms with Gasteiger partial charge in [-0.05, 0) is 102 Å². The van der Waals surface area contributed by atoms with Crippen molar-refractivity contribution in [1.82, 2.24) is 9.97 Å². The molecule has 2 heterocycles. The molecule has 59 heavy (non-hydrogen) atoms. The topological polar surface area (TPSA) is 42.2 Å². The van der Waals surface area contributed by atoms with Crippen LogP contribution in [0, 0.1) is 0 Å². The molecule has 0 amide bonds. The third-order valence-corrected chi connectivity index (χ3v) is 12.5. The molecule has 4 nitrogen and oxygen atoms in total. The average molecular weight is 762 g/mol. The summed E-state index contributed by atoms with van der Waals surface area (Å²) >= 11 is 0. The van der Waals surface area contributed by atoms with Crippen LogP contribution in [0.25, 0.3) is 61.8 Å². The van der Waals surface area contributed by atoms with Gasteiger partial charge in [-0.25, -0.2) is 9.97 Å². The first kappa shape index (κ1) is 35.1. The molecular formula is C55H43N3O. The van der Waals surface area contributed by atoms with E-state index in [9.17, 15) is 0 Å². The third-order valence-electron chi connectivity index (χ3n) is 12.5. The standard InChI is InChI=1S/C55H43N3O/c1-55(2)47-23-13-12-21-43(47)44-31-29-41(33-48(44)55)58(40-27-25-37(26-28-40)36-15-6-3-7-16-36)42-30-32-45-52(34-42)59-51-24-14-22-46(53(45)51)54-56-49(38-17-8-4-9-18-38)35-50(57-54)39-19-10-5-11-20-39/h3-12,15-21,24-35H,13-14,22-23H2,1-2H3. The molecule has 4 heteroatoms. The van der Waals surface area contributed by atoms with E-state index in [1.54, 1.807) is 5.57 Å². The van der Waals surface area contributed by atoms with Crippen LogP contribution in [-0.2, 0) is 5.41 Å². The van der Waals surface area contributed by atoms with Crippen LogP contribution >= 0.6 is 0 Å². The van der Waals surface area contributed by atoms with Crippen LogP contribution < -0.4 is 15.5 Å². The lowest BCUT2D eigenvalue weighted by molar-refractivity contribution is 0.571. The fraction of sp³-hybridized carbons (Fsp3) is 0.127. The Hall–Kier alpha value is -7.04. The van der Waals surface area contributed by atoms with E-state index < -0.39 is 0 Å². The number of nitrogens with zero attached hydrogens (tertiary/aromatic N) is 3. The van der Waals surface area contributed by atoms with E-state index in [0.717, 1.165) is 98.3 Å². The van der Waals surface area contributed by atoms with Gasteiger partial charge in [-0.2, -0.15) is 0 Å². The largest absolute Gasteiger partial charge is 0.456 e. The van der Waals surface area contributed by atoms with E-state index in [-0.39, 0.29) is 5.41 Å². The van der Waals surface area contributed by atoms with E-state index in [1.807, 2.05) is 12.1 Å². The van der Waals surface area contributed by atoms with Crippen molar-refractivity contribution in [3.05, 3.63) is 203 Å². The number of furan rings is 1. The van der Waals surface area contributed by atoms with Crippen LogP contribution in [0.2, 0.25) is 0 Å². The number of fused-ring (bicyclic) bond motifs is 5. The summed E-state index contributed by atoms with van der Waals surface area (Å²) in [6, 6.07) is 56.2. The van der Waals surface area contributed by atoms with Crippen molar-refractivity contribution >= 4 is 45.3 Å². The number of benzene rings is 6. The fourth-order valence-corrected chi connectivity index (χ4v) is 9.52. The Kier molecular flexibility index (Phi) is 8.40. The molecule has 0 unspecified atom stereocenters. The first-order chi connectivity index (χ1) is 29.0. The van der Waals surface area contributed by atoms with Crippen LogP contribution in [0.4, 0.5) is 17.1 Å². The summed E-state index contributed by atoms with van der Waals surface area (Å²) in [4.78, 5) is 12.9. The minimum atomic E-state index is -0.0410. The lowest BCUT2D eigenvalue weighted by atomic mass is 9.78. The zero-order valence-corrected chi connectivity index (χ0v) is 33.3. The van der Waals surface area contributed by atoms with Crippen molar-refractivity contribution in [2.24, 2.45) is 0 Å². The van der Waals surface area contributed by atoms with Crippen LogP contribution in [0.1, 0.15) is 56.5 Å². The monoisotopic (exact) mass is 761 g/mol. The summed E-state index contributed by atoms with van der Waals surface area (Å²) < 4.78 is 6.81. The number of hydrogen-bond donors (Lipinski definition) is 0. The van der Waals surface area contributed by atoms with Crippen molar-refractivity contribution in [3.63, 3.8) is 0 Å². The summed E-state index contributed by atoms with van der Waals surface area (Å²) in [5.74, 6) is 0.748. The molecule has 0 saturated carbocycles. The summed E-state index contributed by atoms with van der Waals surface area (Å²) in [5, 5.41) is 2.16. The molecule has 11 rings (SSSR count). The SMILES string of the molecule is CC1(C)C2=C(C=CCC2)c2ccc(N(c3ccc(-c4ccccc4)cc3)c3ccc4c5c(oc4c3)=CCCC=5c3nc(-c4ccccc4)cc(-c4ccccc4)n3)cc21. The Balaban J connectivity index is 1.07. The Morgan fingerprint density at radius 3 is 1.88 bits per heavy atom. The molecular weight excluding hydrogens is 719 g/mol. The predicted octanol–water partition coefficient (Wildman–Crippen LogP) is 12.9. The van der Waals surface area contributed by atoms with E-state index >= 15 is 0 Å². The molecule has 8 aromatic rings. The number of aromatic nitrogens is 2. The summed E-state index contributed by atoms with van der Waals surface area (Å²) in [5.41, 5.74) is 18.1. The minimum absolute atomic E-state index is 0.0410. The van der Waals surface area contributed by atoms with Crippen LogP contribution in [0.3, 0.4) is 0 Å². The van der Waals surface area contributed by atoms with Crippen molar-refractivity contribution in [1.29, 1.82) is 0 Å². The Bertz CT molecular complexity index is 3040. The van der Waals surface area contributed by atoms with Gasteiger partial charge in [0.15, 0.2) is 5.82 Å². The minimum Gasteiger partial charge on any atom is -0.456 e. The van der Waals surface area contributed by atoms with Crippen molar-refractivity contribution in [2.45, 2.75) is 44.9 Å². The molecule has 6 aromatic carbocycles. The maximum absolute atomic E-state index is 6.81. The first-order valence-electron chi connectivity index (χ1n) is 20.8. The lowest BCUT2D eigenvalue weighted by Gasteiger charge is -2.29. The first-order valence-corrected chi connectivity index (χ1v) is 20.8. The second-order valence-corrected chi connectivity index (χ2v) is 16.4. The molecule has 3 aliphatic rings. The van der Waals surface area contributed by atoms with Gasteiger partial charge in [0.05, 0.1) is 11.4 Å².